The van der Waals surface area contributed by atoms with Crippen molar-refractivity contribution in [2.24, 2.45) is 0 Å². The molecular weight excluding hydrogens is 292 g/mol. The molecule has 1 N–H and O–H groups in total. The Kier molecular flexibility index (Phi) is 7.40. The fourth-order valence-electron chi connectivity index (χ4n) is 1.75. The number of hydrogen-bond donors (Lipinski definition) is 1. The van der Waals surface area contributed by atoms with Crippen LogP contribution in [0.1, 0.15) is 31.2 Å². The van der Waals surface area contributed by atoms with Gasteiger partial charge in [-0.3, -0.25) is 0 Å². The van der Waals surface area contributed by atoms with Gasteiger partial charge in [0.2, 0.25) is 0 Å². The first-order valence-corrected chi connectivity index (χ1v) is 7.46. The van der Waals surface area contributed by atoms with Crippen LogP contribution < -0.4 is 0 Å². The SMILES string of the molecule is C=CC(=O)OCCCCCCn1cc(C)c(=S)[nH]c1=S. The highest BCUT2D eigenvalue weighted by Crippen LogP contribution is 2.05. The van der Waals surface area contributed by atoms with E-state index in [0.29, 0.717) is 16.0 Å². The number of aromatic nitrogens is 2. The summed E-state index contributed by atoms with van der Waals surface area (Å²) in [6.07, 6.45) is 7.19. The van der Waals surface area contributed by atoms with Gasteiger partial charge < -0.3 is 14.3 Å². The maximum absolute atomic E-state index is 10.8. The maximum Gasteiger partial charge on any atom is 0.330 e. The average molecular weight is 312 g/mol. The van der Waals surface area contributed by atoms with Gasteiger partial charge in [-0.05, 0) is 38.4 Å². The summed E-state index contributed by atoms with van der Waals surface area (Å²) in [6.45, 7) is 6.65. The van der Waals surface area contributed by atoms with Gasteiger partial charge in [0.15, 0.2) is 4.77 Å². The molecule has 4 nitrogen and oxygen atoms in total. The quantitative estimate of drug-likeness (QED) is 0.342. The van der Waals surface area contributed by atoms with E-state index < -0.39 is 0 Å². The van der Waals surface area contributed by atoms with Crippen LogP contribution in [0.25, 0.3) is 0 Å². The third-order valence-corrected chi connectivity index (χ3v) is 3.65. The second-order valence-electron chi connectivity index (χ2n) is 4.55. The van der Waals surface area contributed by atoms with E-state index in [4.69, 9.17) is 29.2 Å². The van der Waals surface area contributed by atoms with Gasteiger partial charge in [-0.2, -0.15) is 0 Å². The number of nitrogens with one attached hydrogen (secondary N) is 1. The number of carbonyl (C=O) groups excluding carboxylic acids is 1. The number of nitrogens with zero attached hydrogens (tertiary/aromatic N) is 1. The van der Waals surface area contributed by atoms with Gasteiger partial charge in [0.25, 0.3) is 0 Å². The first-order chi connectivity index (χ1) is 9.54. The lowest BCUT2D eigenvalue weighted by molar-refractivity contribution is -0.137. The van der Waals surface area contributed by atoms with Gasteiger partial charge in [-0.25, -0.2) is 4.79 Å². The van der Waals surface area contributed by atoms with Crippen LogP contribution in [0.5, 0.6) is 0 Å². The Morgan fingerprint density at radius 2 is 2.10 bits per heavy atom. The van der Waals surface area contributed by atoms with Crippen LogP contribution in [-0.2, 0) is 16.1 Å². The molecule has 0 amide bonds. The molecule has 110 valence electrons. The van der Waals surface area contributed by atoms with Gasteiger partial charge in [0, 0.05) is 24.4 Å². The fourth-order valence-corrected chi connectivity index (χ4v) is 2.21. The second kappa shape index (κ2) is 8.81. The molecule has 20 heavy (non-hydrogen) atoms. The van der Waals surface area contributed by atoms with Crippen molar-refractivity contribution in [2.45, 2.75) is 39.2 Å². The number of carbonyl (C=O) groups is 1. The van der Waals surface area contributed by atoms with Crippen LogP contribution in [0, 0.1) is 16.3 Å². The third kappa shape index (κ3) is 5.79. The van der Waals surface area contributed by atoms with Crippen molar-refractivity contribution in [3.63, 3.8) is 0 Å². The van der Waals surface area contributed by atoms with E-state index in [2.05, 4.69) is 11.6 Å². The van der Waals surface area contributed by atoms with E-state index in [1.54, 1.807) is 0 Å². The Hall–Kier alpha value is -1.27. The number of aryl methyl sites for hydroxylation is 2. The summed E-state index contributed by atoms with van der Waals surface area (Å²) in [7, 11) is 0. The molecule has 0 spiro atoms. The van der Waals surface area contributed by atoms with E-state index in [1.165, 1.54) is 6.08 Å². The van der Waals surface area contributed by atoms with E-state index in [-0.39, 0.29) is 5.97 Å². The Labute approximate surface area is 129 Å². The Morgan fingerprint density at radius 3 is 2.80 bits per heavy atom. The van der Waals surface area contributed by atoms with Crippen molar-refractivity contribution >= 4 is 30.4 Å². The van der Waals surface area contributed by atoms with E-state index in [0.717, 1.165) is 37.8 Å². The number of ether oxygens (including phenoxy) is 1. The third-order valence-electron chi connectivity index (χ3n) is 2.89. The van der Waals surface area contributed by atoms with Crippen LogP contribution >= 0.6 is 24.4 Å². The highest BCUT2D eigenvalue weighted by Gasteiger charge is 1.98. The van der Waals surface area contributed by atoms with Crippen molar-refractivity contribution in [1.82, 2.24) is 9.55 Å². The van der Waals surface area contributed by atoms with Gasteiger partial charge in [-0.15, -0.1) is 0 Å². The van der Waals surface area contributed by atoms with Gasteiger partial charge >= 0.3 is 5.97 Å². The molecule has 0 bridgehead atoms. The largest absolute Gasteiger partial charge is 0.463 e. The summed E-state index contributed by atoms with van der Waals surface area (Å²) < 4.78 is 8.29. The molecule has 1 aromatic heterocycles. The number of hydrogen-bond acceptors (Lipinski definition) is 4. The summed E-state index contributed by atoms with van der Waals surface area (Å²) in [5.74, 6) is -0.355. The molecular formula is C14H20N2O2S2. The maximum atomic E-state index is 10.8. The smallest absolute Gasteiger partial charge is 0.330 e. The number of unbranched alkanes of at least 4 members (excludes halogenated alkanes) is 3. The van der Waals surface area contributed by atoms with Crippen molar-refractivity contribution < 1.29 is 9.53 Å². The molecule has 0 saturated carbocycles. The van der Waals surface area contributed by atoms with Crippen LogP contribution in [0.2, 0.25) is 0 Å². The Bertz CT molecular complexity index is 575. The summed E-state index contributed by atoms with van der Waals surface area (Å²) in [6, 6.07) is 0. The highest BCUT2D eigenvalue weighted by molar-refractivity contribution is 7.72. The first-order valence-electron chi connectivity index (χ1n) is 6.64. The lowest BCUT2D eigenvalue weighted by atomic mass is 10.2. The minimum absolute atomic E-state index is 0.355. The molecule has 1 heterocycles. The molecule has 0 atom stereocenters. The topological polar surface area (TPSA) is 47.0 Å². The van der Waals surface area contributed by atoms with E-state index in [1.807, 2.05) is 17.7 Å². The van der Waals surface area contributed by atoms with Crippen LogP contribution in [-0.4, -0.2) is 22.1 Å². The molecule has 1 aromatic rings. The summed E-state index contributed by atoms with van der Waals surface area (Å²) in [5, 5.41) is 0. The number of rotatable bonds is 8. The number of esters is 1. The molecule has 0 aliphatic carbocycles. The van der Waals surface area contributed by atoms with E-state index in [9.17, 15) is 4.79 Å². The zero-order valence-electron chi connectivity index (χ0n) is 11.7. The lowest BCUT2D eigenvalue weighted by Crippen LogP contribution is -2.04. The van der Waals surface area contributed by atoms with Crippen LogP contribution in [0.4, 0.5) is 0 Å². The summed E-state index contributed by atoms with van der Waals surface area (Å²) in [5.41, 5.74) is 1.03. The van der Waals surface area contributed by atoms with Gasteiger partial charge in [-0.1, -0.05) is 25.2 Å². The monoisotopic (exact) mass is 312 g/mol. The second-order valence-corrected chi connectivity index (χ2v) is 5.35. The van der Waals surface area contributed by atoms with Crippen molar-refractivity contribution in [3.8, 4) is 0 Å². The highest BCUT2D eigenvalue weighted by atomic mass is 32.1. The lowest BCUT2D eigenvalue weighted by Gasteiger charge is -2.08. The molecule has 6 heteroatoms. The van der Waals surface area contributed by atoms with E-state index >= 15 is 0 Å². The van der Waals surface area contributed by atoms with Crippen LogP contribution in [0.15, 0.2) is 18.9 Å². The summed E-state index contributed by atoms with van der Waals surface area (Å²) in [4.78, 5) is 13.8. The Morgan fingerprint density at radius 1 is 1.40 bits per heavy atom. The van der Waals surface area contributed by atoms with Crippen molar-refractivity contribution in [2.75, 3.05) is 6.61 Å². The van der Waals surface area contributed by atoms with Crippen LogP contribution in [0.3, 0.4) is 0 Å². The van der Waals surface area contributed by atoms with Gasteiger partial charge in [0.05, 0.1) is 6.61 Å². The zero-order valence-corrected chi connectivity index (χ0v) is 13.3. The molecule has 0 unspecified atom stereocenters. The van der Waals surface area contributed by atoms with Crippen molar-refractivity contribution in [3.05, 3.63) is 33.8 Å². The molecule has 0 saturated heterocycles. The fraction of sp³-hybridized carbons (Fsp3) is 0.500. The Balaban J connectivity index is 2.23. The standard InChI is InChI=1S/C14H20N2O2S2/c1-3-12(17)18-9-7-5-4-6-8-16-10-11(2)13(19)15-14(16)20/h3,10H,1,4-9H2,2H3,(H,15,19,20). The molecule has 0 aliphatic heterocycles. The predicted molar refractivity (Wildman–Crippen MR) is 84.8 cm³/mol. The molecule has 1 rings (SSSR count). The molecule has 0 fully saturated rings. The summed E-state index contributed by atoms with van der Waals surface area (Å²) >= 11 is 10.4. The molecule has 0 aromatic carbocycles. The number of H-pyrrole nitrogens is 1. The van der Waals surface area contributed by atoms with Crippen molar-refractivity contribution in [1.29, 1.82) is 0 Å². The zero-order chi connectivity index (χ0) is 15.0. The average Bonchev–Trinajstić information content (AvgIpc) is 2.42. The molecule has 0 radical (unpaired) electrons. The minimum atomic E-state index is -0.355. The number of aromatic amines is 1. The molecule has 0 aliphatic rings. The minimum Gasteiger partial charge on any atom is -0.463 e. The first kappa shape index (κ1) is 16.8. The van der Waals surface area contributed by atoms with Gasteiger partial charge in [0.1, 0.15) is 4.64 Å². The normalized spacial score (nSPS) is 10.2. The predicted octanol–water partition coefficient (Wildman–Crippen LogP) is 3.87.